The van der Waals surface area contributed by atoms with Gasteiger partial charge in [-0.15, -0.1) is 0 Å². The number of carbonyl (C=O) groups is 1. The minimum atomic E-state index is 0.274. The van der Waals surface area contributed by atoms with Crippen LogP contribution in [0, 0.1) is 0 Å². The maximum atomic E-state index is 12.1. The molecule has 1 saturated heterocycles. The van der Waals surface area contributed by atoms with E-state index in [2.05, 4.69) is 17.0 Å². The smallest absolute Gasteiger partial charge is 0.222 e. The normalized spacial score (nSPS) is 16.6. The van der Waals surface area contributed by atoms with Gasteiger partial charge in [-0.05, 0) is 12.0 Å². The van der Waals surface area contributed by atoms with Gasteiger partial charge in [-0.1, -0.05) is 30.3 Å². The second-order valence-electron chi connectivity index (χ2n) is 5.00. The van der Waals surface area contributed by atoms with E-state index in [9.17, 15) is 4.79 Å². The van der Waals surface area contributed by atoms with E-state index >= 15 is 0 Å². The quantitative estimate of drug-likeness (QED) is 0.850. The van der Waals surface area contributed by atoms with E-state index in [0.29, 0.717) is 13.0 Å². The molecule has 0 bridgehead atoms. The summed E-state index contributed by atoms with van der Waals surface area (Å²) in [6, 6.07) is 10.2. The highest BCUT2D eigenvalue weighted by atomic mass is 16.2. The van der Waals surface area contributed by atoms with E-state index in [1.54, 1.807) is 0 Å². The van der Waals surface area contributed by atoms with Crippen molar-refractivity contribution < 1.29 is 4.79 Å². The van der Waals surface area contributed by atoms with Crippen LogP contribution in [-0.2, 0) is 11.2 Å². The number of carbonyl (C=O) groups excluding carboxylic acids is 1. The predicted molar refractivity (Wildman–Crippen MR) is 76.8 cm³/mol. The van der Waals surface area contributed by atoms with Crippen LogP contribution >= 0.6 is 0 Å². The Kier molecular flexibility index (Phi) is 5.36. The summed E-state index contributed by atoms with van der Waals surface area (Å²) < 4.78 is 0. The first kappa shape index (κ1) is 14.0. The zero-order valence-electron chi connectivity index (χ0n) is 11.4. The van der Waals surface area contributed by atoms with Crippen molar-refractivity contribution in [1.82, 2.24) is 9.80 Å². The van der Waals surface area contributed by atoms with Crippen molar-refractivity contribution in [3.05, 3.63) is 35.9 Å². The first-order valence-corrected chi connectivity index (χ1v) is 7.03. The van der Waals surface area contributed by atoms with Gasteiger partial charge in [-0.2, -0.15) is 0 Å². The Hall–Kier alpha value is -1.39. The number of aryl methyl sites for hydroxylation is 1. The molecule has 1 aliphatic rings. The van der Waals surface area contributed by atoms with Gasteiger partial charge in [-0.25, -0.2) is 0 Å². The topological polar surface area (TPSA) is 49.6 Å². The summed E-state index contributed by atoms with van der Waals surface area (Å²) in [6.45, 7) is 5.22. The molecule has 0 saturated carbocycles. The Morgan fingerprint density at radius 1 is 1.11 bits per heavy atom. The first-order valence-electron chi connectivity index (χ1n) is 7.03. The number of rotatable bonds is 5. The van der Waals surface area contributed by atoms with E-state index in [-0.39, 0.29) is 5.91 Å². The van der Waals surface area contributed by atoms with Crippen LogP contribution in [0.1, 0.15) is 12.0 Å². The van der Waals surface area contributed by atoms with Crippen LogP contribution in [0.3, 0.4) is 0 Å². The molecular weight excluding hydrogens is 238 g/mol. The molecule has 4 heteroatoms. The second kappa shape index (κ2) is 7.26. The van der Waals surface area contributed by atoms with Gasteiger partial charge in [0, 0.05) is 45.7 Å². The number of amides is 1. The van der Waals surface area contributed by atoms with Gasteiger partial charge in [-0.3, -0.25) is 9.69 Å². The van der Waals surface area contributed by atoms with Crippen molar-refractivity contribution in [1.29, 1.82) is 0 Å². The van der Waals surface area contributed by atoms with Crippen molar-refractivity contribution in [3.8, 4) is 0 Å². The number of hydrogen-bond donors (Lipinski definition) is 1. The van der Waals surface area contributed by atoms with E-state index in [0.717, 1.165) is 39.1 Å². The Labute approximate surface area is 115 Å². The maximum Gasteiger partial charge on any atom is 0.222 e. The molecule has 1 aliphatic heterocycles. The van der Waals surface area contributed by atoms with Gasteiger partial charge >= 0.3 is 0 Å². The molecule has 4 nitrogen and oxygen atoms in total. The van der Waals surface area contributed by atoms with Crippen LogP contribution in [0.5, 0.6) is 0 Å². The van der Waals surface area contributed by atoms with Gasteiger partial charge in [0.1, 0.15) is 0 Å². The molecule has 2 N–H and O–H groups in total. The SMILES string of the molecule is NCCN1CCN(C(=O)CCc2ccccc2)CC1. The van der Waals surface area contributed by atoms with Gasteiger partial charge < -0.3 is 10.6 Å². The van der Waals surface area contributed by atoms with Crippen LogP contribution in [0.2, 0.25) is 0 Å². The zero-order valence-corrected chi connectivity index (χ0v) is 11.4. The molecule has 0 spiro atoms. The fourth-order valence-electron chi connectivity index (χ4n) is 2.46. The van der Waals surface area contributed by atoms with Crippen LogP contribution in [-0.4, -0.2) is 55.0 Å². The van der Waals surface area contributed by atoms with Crippen molar-refractivity contribution >= 4 is 5.91 Å². The third-order valence-electron chi connectivity index (χ3n) is 3.64. The van der Waals surface area contributed by atoms with Crippen LogP contribution in [0.25, 0.3) is 0 Å². The Balaban J connectivity index is 1.73. The first-order chi connectivity index (χ1) is 9.29. The Morgan fingerprint density at radius 3 is 2.42 bits per heavy atom. The number of benzene rings is 1. The van der Waals surface area contributed by atoms with Crippen molar-refractivity contribution in [3.63, 3.8) is 0 Å². The molecule has 104 valence electrons. The maximum absolute atomic E-state index is 12.1. The standard InChI is InChI=1S/C15H23N3O/c16-8-9-17-10-12-18(13-11-17)15(19)7-6-14-4-2-1-3-5-14/h1-5H,6-13,16H2. The molecule has 1 aromatic rings. The van der Waals surface area contributed by atoms with Crippen molar-refractivity contribution in [2.45, 2.75) is 12.8 Å². The van der Waals surface area contributed by atoms with E-state index < -0.39 is 0 Å². The molecule has 1 heterocycles. The predicted octanol–water partition coefficient (Wildman–Crippen LogP) is 0.722. The van der Waals surface area contributed by atoms with Crippen LogP contribution in [0.15, 0.2) is 30.3 Å². The lowest BCUT2D eigenvalue weighted by Gasteiger charge is -2.34. The Bertz CT molecular complexity index is 386. The third kappa shape index (κ3) is 4.33. The monoisotopic (exact) mass is 261 g/mol. The third-order valence-corrected chi connectivity index (χ3v) is 3.64. The fourth-order valence-corrected chi connectivity index (χ4v) is 2.46. The van der Waals surface area contributed by atoms with Crippen LogP contribution in [0.4, 0.5) is 0 Å². The summed E-state index contributed by atoms with van der Waals surface area (Å²) in [5.74, 6) is 0.274. The van der Waals surface area contributed by atoms with Gasteiger partial charge in [0.2, 0.25) is 5.91 Å². The van der Waals surface area contributed by atoms with E-state index in [1.165, 1.54) is 5.56 Å². The molecule has 0 aromatic heterocycles. The lowest BCUT2D eigenvalue weighted by molar-refractivity contribution is -0.132. The average Bonchev–Trinajstić information content (AvgIpc) is 2.47. The summed E-state index contributed by atoms with van der Waals surface area (Å²) in [7, 11) is 0. The van der Waals surface area contributed by atoms with E-state index in [1.807, 2.05) is 23.1 Å². The van der Waals surface area contributed by atoms with Crippen molar-refractivity contribution in [2.75, 3.05) is 39.3 Å². The molecule has 1 amide bonds. The number of piperazine rings is 1. The van der Waals surface area contributed by atoms with Gasteiger partial charge in [0.15, 0.2) is 0 Å². The average molecular weight is 261 g/mol. The summed E-state index contributed by atoms with van der Waals surface area (Å²) in [5.41, 5.74) is 6.78. The van der Waals surface area contributed by atoms with Gasteiger partial charge in [0.25, 0.3) is 0 Å². The largest absolute Gasteiger partial charge is 0.340 e. The Morgan fingerprint density at radius 2 is 1.79 bits per heavy atom. The van der Waals surface area contributed by atoms with E-state index in [4.69, 9.17) is 5.73 Å². The molecule has 19 heavy (non-hydrogen) atoms. The molecule has 2 rings (SSSR count). The van der Waals surface area contributed by atoms with Crippen LogP contribution < -0.4 is 5.73 Å². The number of nitrogens with zero attached hydrogens (tertiary/aromatic N) is 2. The summed E-state index contributed by atoms with van der Waals surface area (Å²) in [6.07, 6.45) is 1.45. The fraction of sp³-hybridized carbons (Fsp3) is 0.533. The molecule has 1 aromatic carbocycles. The molecule has 0 atom stereocenters. The van der Waals surface area contributed by atoms with Crippen molar-refractivity contribution in [2.24, 2.45) is 5.73 Å². The highest BCUT2D eigenvalue weighted by Crippen LogP contribution is 2.07. The molecular formula is C15H23N3O. The summed E-state index contributed by atoms with van der Waals surface area (Å²) in [5, 5.41) is 0. The second-order valence-corrected chi connectivity index (χ2v) is 5.00. The molecule has 0 aliphatic carbocycles. The summed E-state index contributed by atoms with van der Waals surface area (Å²) >= 11 is 0. The highest BCUT2D eigenvalue weighted by molar-refractivity contribution is 5.76. The molecule has 0 unspecified atom stereocenters. The molecule has 0 radical (unpaired) electrons. The zero-order chi connectivity index (χ0) is 13.5. The highest BCUT2D eigenvalue weighted by Gasteiger charge is 2.19. The lowest BCUT2D eigenvalue weighted by Crippen LogP contribution is -2.49. The number of nitrogens with two attached hydrogens (primary N) is 1. The summed E-state index contributed by atoms with van der Waals surface area (Å²) in [4.78, 5) is 16.4. The van der Waals surface area contributed by atoms with Gasteiger partial charge in [0.05, 0.1) is 0 Å². The lowest BCUT2D eigenvalue weighted by atomic mass is 10.1. The molecule has 1 fully saturated rings. The minimum absolute atomic E-state index is 0.274. The number of hydrogen-bond acceptors (Lipinski definition) is 3. The minimum Gasteiger partial charge on any atom is -0.340 e.